The first-order valence-corrected chi connectivity index (χ1v) is 6.03. The van der Waals surface area contributed by atoms with Crippen LogP contribution in [-0.2, 0) is 0 Å². The molecule has 0 fully saturated rings. The Bertz CT molecular complexity index is 434. The van der Waals surface area contributed by atoms with Crippen molar-refractivity contribution in [1.82, 2.24) is 10.6 Å². The molecule has 2 N–H and O–H groups in total. The second-order valence-electron chi connectivity index (χ2n) is 4.44. The van der Waals surface area contributed by atoms with Crippen molar-refractivity contribution in [2.45, 2.75) is 6.92 Å². The summed E-state index contributed by atoms with van der Waals surface area (Å²) in [5.74, 6) is 1.63. The Morgan fingerprint density at radius 3 is 2.89 bits per heavy atom. The Hall–Kier alpha value is -1.75. The molecule has 1 amide bonds. The highest BCUT2D eigenvalue weighted by atomic mass is 16.7. The Morgan fingerprint density at radius 2 is 2.11 bits per heavy atom. The fraction of sp³-hybridized carbons (Fsp3) is 0.462. The summed E-state index contributed by atoms with van der Waals surface area (Å²) in [6.07, 6.45) is 0. The summed E-state index contributed by atoms with van der Waals surface area (Å²) in [6.45, 7) is 3.82. The topological polar surface area (TPSA) is 59.6 Å². The minimum absolute atomic E-state index is 0.0868. The van der Waals surface area contributed by atoms with Gasteiger partial charge in [-0.2, -0.15) is 0 Å². The van der Waals surface area contributed by atoms with E-state index in [0.717, 1.165) is 6.54 Å². The minimum atomic E-state index is -0.0868. The fourth-order valence-electron chi connectivity index (χ4n) is 1.83. The maximum absolute atomic E-state index is 11.9. The lowest BCUT2D eigenvalue weighted by Gasteiger charge is -2.12. The van der Waals surface area contributed by atoms with Crippen molar-refractivity contribution in [2.75, 3.05) is 26.9 Å². The highest BCUT2D eigenvalue weighted by Gasteiger charge is 2.16. The van der Waals surface area contributed by atoms with Crippen LogP contribution in [0, 0.1) is 5.92 Å². The van der Waals surface area contributed by atoms with E-state index in [1.165, 1.54) is 0 Å². The molecular formula is C13H18N2O3. The first-order valence-electron chi connectivity index (χ1n) is 6.03. The van der Waals surface area contributed by atoms with Crippen LogP contribution in [0.2, 0.25) is 0 Å². The number of rotatable bonds is 5. The SMILES string of the molecule is CNCC(C)CNC(=O)c1ccc2c(c1)OCO2. The molecule has 2 rings (SSSR count). The lowest BCUT2D eigenvalue weighted by atomic mass is 10.1. The lowest BCUT2D eigenvalue weighted by molar-refractivity contribution is 0.0947. The van der Waals surface area contributed by atoms with Crippen LogP contribution in [-0.4, -0.2) is 32.8 Å². The predicted octanol–water partition coefficient (Wildman–Crippen LogP) is 1.00. The maximum Gasteiger partial charge on any atom is 0.251 e. The summed E-state index contributed by atoms with van der Waals surface area (Å²) >= 11 is 0. The molecule has 98 valence electrons. The number of benzene rings is 1. The maximum atomic E-state index is 11.9. The summed E-state index contributed by atoms with van der Waals surface area (Å²) in [4.78, 5) is 11.9. The molecule has 1 aromatic carbocycles. The van der Waals surface area contributed by atoms with E-state index in [1.54, 1.807) is 18.2 Å². The molecule has 1 aromatic rings. The molecule has 18 heavy (non-hydrogen) atoms. The zero-order valence-electron chi connectivity index (χ0n) is 10.7. The molecule has 0 saturated heterocycles. The number of amides is 1. The third kappa shape index (κ3) is 2.92. The van der Waals surface area contributed by atoms with Gasteiger partial charge in [-0.3, -0.25) is 4.79 Å². The molecule has 1 aliphatic heterocycles. The molecule has 5 heteroatoms. The summed E-state index contributed by atoms with van der Waals surface area (Å²) in [7, 11) is 1.90. The first kappa shape index (κ1) is 12.7. The van der Waals surface area contributed by atoms with Crippen molar-refractivity contribution >= 4 is 5.91 Å². The van der Waals surface area contributed by atoms with Gasteiger partial charge in [-0.15, -0.1) is 0 Å². The molecule has 1 atom stereocenters. The van der Waals surface area contributed by atoms with Crippen LogP contribution in [0.4, 0.5) is 0 Å². The molecule has 0 radical (unpaired) electrons. The molecule has 1 aliphatic rings. The zero-order valence-corrected chi connectivity index (χ0v) is 10.7. The average Bonchev–Trinajstić information content (AvgIpc) is 2.83. The van der Waals surface area contributed by atoms with Gasteiger partial charge in [-0.25, -0.2) is 0 Å². The fourth-order valence-corrected chi connectivity index (χ4v) is 1.83. The summed E-state index contributed by atoms with van der Waals surface area (Å²) in [5, 5.41) is 5.98. The quantitative estimate of drug-likeness (QED) is 0.818. The normalized spacial score (nSPS) is 14.3. The van der Waals surface area contributed by atoms with E-state index < -0.39 is 0 Å². The summed E-state index contributed by atoms with van der Waals surface area (Å²) in [6, 6.07) is 5.21. The van der Waals surface area contributed by atoms with Gasteiger partial charge in [0.2, 0.25) is 6.79 Å². The van der Waals surface area contributed by atoms with Crippen molar-refractivity contribution in [3.63, 3.8) is 0 Å². The Kier molecular flexibility index (Phi) is 4.04. The number of carbonyl (C=O) groups excluding carboxylic acids is 1. The van der Waals surface area contributed by atoms with Crippen molar-refractivity contribution in [3.8, 4) is 11.5 Å². The van der Waals surface area contributed by atoms with Crippen molar-refractivity contribution in [3.05, 3.63) is 23.8 Å². The number of nitrogens with one attached hydrogen (secondary N) is 2. The third-order valence-corrected chi connectivity index (χ3v) is 2.80. The van der Waals surface area contributed by atoms with Crippen LogP contribution in [0.5, 0.6) is 11.5 Å². The number of ether oxygens (including phenoxy) is 2. The third-order valence-electron chi connectivity index (χ3n) is 2.80. The second kappa shape index (κ2) is 5.73. The van der Waals surface area contributed by atoms with Gasteiger partial charge in [0.05, 0.1) is 0 Å². The molecule has 0 aromatic heterocycles. The van der Waals surface area contributed by atoms with Crippen LogP contribution in [0.1, 0.15) is 17.3 Å². The van der Waals surface area contributed by atoms with Gasteiger partial charge in [0.25, 0.3) is 5.91 Å². The van der Waals surface area contributed by atoms with Crippen molar-refractivity contribution < 1.29 is 14.3 Å². The van der Waals surface area contributed by atoms with Crippen LogP contribution in [0.25, 0.3) is 0 Å². The van der Waals surface area contributed by atoms with Gasteiger partial charge in [0.1, 0.15) is 0 Å². The average molecular weight is 250 g/mol. The van der Waals surface area contributed by atoms with Gasteiger partial charge in [-0.1, -0.05) is 6.92 Å². The predicted molar refractivity (Wildman–Crippen MR) is 68.0 cm³/mol. The molecular weight excluding hydrogens is 232 g/mol. The Morgan fingerprint density at radius 1 is 1.33 bits per heavy atom. The molecule has 0 aliphatic carbocycles. The Balaban J connectivity index is 1.93. The van der Waals surface area contributed by atoms with Crippen molar-refractivity contribution in [1.29, 1.82) is 0 Å². The highest BCUT2D eigenvalue weighted by Crippen LogP contribution is 2.32. The van der Waals surface area contributed by atoms with E-state index >= 15 is 0 Å². The van der Waals surface area contributed by atoms with Crippen LogP contribution in [0.15, 0.2) is 18.2 Å². The molecule has 1 unspecified atom stereocenters. The number of hydrogen-bond donors (Lipinski definition) is 2. The molecule has 0 spiro atoms. The van der Waals surface area contributed by atoms with Crippen molar-refractivity contribution in [2.24, 2.45) is 5.92 Å². The second-order valence-corrected chi connectivity index (χ2v) is 4.44. The van der Waals surface area contributed by atoms with Crippen LogP contribution >= 0.6 is 0 Å². The summed E-state index contributed by atoms with van der Waals surface area (Å²) < 4.78 is 10.4. The van der Waals surface area contributed by atoms with E-state index in [9.17, 15) is 4.79 Å². The lowest BCUT2D eigenvalue weighted by Crippen LogP contribution is -2.32. The molecule has 1 heterocycles. The minimum Gasteiger partial charge on any atom is -0.454 e. The van der Waals surface area contributed by atoms with Gasteiger partial charge < -0.3 is 20.1 Å². The standard InChI is InChI=1S/C13H18N2O3/c1-9(6-14-2)7-15-13(16)10-3-4-11-12(5-10)18-8-17-11/h3-5,9,14H,6-8H2,1-2H3,(H,15,16). The van der Waals surface area contributed by atoms with E-state index in [0.29, 0.717) is 29.5 Å². The van der Waals surface area contributed by atoms with E-state index in [4.69, 9.17) is 9.47 Å². The monoisotopic (exact) mass is 250 g/mol. The molecule has 0 bridgehead atoms. The Labute approximate surface area is 106 Å². The van der Waals surface area contributed by atoms with Gasteiger partial charge in [0.15, 0.2) is 11.5 Å². The number of fused-ring (bicyclic) bond motifs is 1. The van der Waals surface area contributed by atoms with E-state index in [-0.39, 0.29) is 12.7 Å². The van der Waals surface area contributed by atoms with E-state index in [1.807, 2.05) is 7.05 Å². The first-order chi connectivity index (χ1) is 8.70. The zero-order chi connectivity index (χ0) is 13.0. The van der Waals surface area contributed by atoms with Gasteiger partial charge >= 0.3 is 0 Å². The molecule has 5 nitrogen and oxygen atoms in total. The van der Waals surface area contributed by atoms with Gasteiger partial charge in [0, 0.05) is 12.1 Å². The largest absolute Gasteiger partial charge is 0.454 e. The highest BCUT2D eigenvalue weighted by molar-refractivity contribution is 5.94. The van der Waals surface area contributed by atoms with E-state index in [2.05, 4.69) is 17.6 Å². The van der Waals surface area contributed by atoms with Crippen LogP contribution < -0.4 is 20.1 Å². The molecule has 0 saturated carbocycles. The van der Waals surface area contributed by atoms with Crippen LogP contribution in [0.3, 0.4) is 0 Å². The van der Waals surface area contributed by atoms with Gasteiger partial charge in [-0.05, 0) is 37.7 Å². The summed E-state index contributed by atoms with van der Waals surface area (Å²) in [5.41, 5.74) is 0.593. The number of hydrogen-bond acceptors (Lipinski definition) is 4. The smallest absolute Gasteiger partial charge is 0.251 e. The number of carbonyl (C=O) groups is 1.